The quantitative estimate of drug-likeness (QED) is 0.814. The molecular weight excluding hydrogens is 307 g/mol. The number of carbonyl (C=O) groups excluding carboxylic acids is 1. The molecule has 2 aromatic rings. The summed E-state index contributed by atoms with van der Waals surface area (Å²) in [5, 5.41) is 2.88. The van der Waals surface area contributed by atoms with Crippen LogP contribution in [0, 0.1) is 12.7 Å². The first-order valence-corrected chi connectivity index (χ1v) is 7.99. The second kappa shape index (κ2) is 8.45. The van der Waals surface area contributed by atoms with Gasteiger partial charge in [-0.2, -0.15) is 0 Å². The van der Waals surface area contributed by atoms with Crippen molar-refractivity contribution < 1.29 is 13.9 Å². The van der Waals surface area contributed by atoms with Crippen molar-refractivity contribution >= 4 is 5.91 Å². The topological polar surface area (TPSA) is 64.4 Å². The van der Waals surface area contributed by atoms with Crippen molar-refractivity contribution in [2.75, 3.05) is 0 Å². The lowest BCUT2D eigenvalue weighted by Gasteiger charge is -2.11. The van der Waals surface area contributed by atoms with Crippen LogP contribution in [0.1, 0.15) is 30.9 Å². The largest absolute Gasteiger partial charge is 0.457 e. The van der Waals surface area contributed by atoms with Crippen molar-refractivity contribution in [3.8, 4) is 11.5 Å². The molecule has 0 aliphatic rings. The molecule has 0 aliphatic carbocycles. The second-order valence-electron chi connectivity index (χ2n) is 5.95. The number of nitrogens with one attached hydrogen (secondary N) is 1. The first-order valence-electron chi connectivity index (χ1n) is 7.99. The van der Waals surface area contributed by atoms with Crippen LogP contribution >= 0.6 is 0 Å². The molecule has 0 bridgehead atoms. The van der Waals surface area contributed by atoms with Gasteiger partial charge >= 0.3 is 0 Å². The van der Waals surface area contributed by atoms with Crippen molar-refractivity contribution in [3.05, 3.63) is 59.4 Å². The highest BCUT2D eigenvalue weighted by Gasteiger charge is 2.06. The molecule has 5 heteroatoms. The highest BCUT2D eigenvalue weighted by atomic mass is 19.1. The van der Waals surface area contributed by atoms with Gasteiger partial charge in [0.15, 0.2) is 0 Å². The van der Waals surface area contributed by atoms with E-state index in [1.165, 1.54) is 12.1 Å². The predicted molar refractivity (Wildman–Crippen MR) is 92.4 cm³/mol. The van der Waals surface area contributed by atoms with Crippen LogP contribution in [0.25, 0.3) is 0 Å². The Morgan fingerprint density at radius 3 is 2.58 bits per heavy atom. The van der Waals surface area contributed by atoms with Gasteiger partial charge in [0.05, 0.1) is 0 Å². The van der Waals surface area contributed by atoms with E-state index in [4.69, 9.17) is 10.5 Å². The summed E-state index contributed by atoms with van der Waals surface area (Å²) in [4.78, 5) is 11.7. The summed E-state index contributed by atoms with van der Waals surface area (Å²) in [6.45, 7) is 4.28. The first kappa shape index (κ1) is 17.9. The zero-order chi connectivity index (χ0) is 17.5. The van der Waals surface area contributed by atoms with Crippen LogP contribution in [0.5, 0.6) is 11.5 Å². The maximum Gasteiger partial charge on any atom is 0.220 e. The third kappa shape index (κ3) is 5.66. The normalized spacial score (nSPS) is 11.8. The zero-order valence-electron chi connectivity index (χ0n) is 14.0. The van der Waals surface area contributed by atoms with E-state index in [9.17, 15) is 9.18 Å². The number of hydrogen-bond donors (Lipinski definition) is 2. The molecule has 3 N–H and O–H groups in total. The van der Waals surface area contributed by atoms with Gasteiger partial charge in [0, 0.05) is 19.0 Å². The lowest BCUT2D eigenvalue weighted by molar-refractivity contribution is -0.121. The van der Waals surface area contributed by atoms with Crippen LogP contribution in [0.2, 0.25) is 0 Å². The van der Waals surface area contributed by atoms with Crippen molar-refractivity contribution in [1.29, 1.82) is 0 Å². The minimum Gasteiger partial charge on any atom is -0.457 e. The van der Waals surface area contributed by atoms with E-state index < -0.39 is 0 Å². The summed E-state index contributed by atoms with van der Waals surface area (Å²) in [6.07, 6.45) is 1.11. The maximum atomic E-state index is 12.9. The number of carbonyl (C=O) groups is 1. The minimum atomic E-state index is -0.297. The fourth-order valence-corrected chi connectivity index (χ4v) is 2.21. The van der Waals surface area contributed by atoms with Crippen molar-refractivity contribution in [1.82, 2.24) is 5.32 Å². The van der Waals surface area contributed by atoms with Crippen LogP contribution in [-0.2, 0) is 11.3 Å². The lowest BCUT2D eigenvalue weighted by Crippen LogP contribution is -2.25. The third-order valence-corrected chi connectivity index (χ3v) is 3.60. The molecule has 24 heavy (non-hydrogen) atoms. The van der Waals surface area contributed by atoms with Gasteiger partial charge in [-0.05, 0) is 61.7 Å². The Bertz CT molecular complexity index is 684. The average Bonchev–Trinajstić information content (AvgIpc) is 2.55. The van der Waals surface area contributed by atoms with E-state index in [2.05, 4.69) is 5.32 Å². The van der Waals surface area contributed by atoms with Gasteiger partial charge < -0.3 is 15.8 Å². The van der Waals surface area contributed by atoms with Crippen LogP contribution < -0.4 is 15.8 Å². The Kier molecular flexibility index (Phi) is 6.32. The highest BCUT2D eigenvalue weighted by molar-refractivity contribution is 5.75. The van der Waals surface area contributed by atoms with Crippen molar-refractivity contribution in [2.45, 2.75) is 39.3 Å². The molecule has 2 rings (SSSR count). The fourth-order valence-electron chi connectivity index (χ4n) is 2.21. The summed E-state index contributed by atoms with van der Waals surface area (Å²) in [5.41, 5.74) is 7.58. The van der Waals surface area contributed by atoms with E-state index in [0.29, 0.717) is 30.9 Å². The van der Waals surface area contributed by atoms with Crippen LogP contribution in [-0.4, -0.2) is 11.9 Å². The molecule has 128 valence electrons. The molecule has 0 spiro atoms. The average molecular weight is 330 g/mol. The molecule has 4 nitrogen and oxygen atoms in total. The molecule has 0 saturated heterocycles. The van der Waals surface area contributed by atoms with Gasteiger partial charge in [-0.3, -0.25) is 4.79 Å². The molecule has 1 amide bonds. The third-order valence-electron chi connectivity index (χ3n) is 3.60. The minimum absolute atomic E-state index is 0.00316. The van der Waals surface area contributed by atoms with Gasteiger partial charge in [0.25, 0.3) is 0 Å². The Balaban J connectivity index is 1.92. The van der Waals surface area contributed by atoms with Gasteiger partial charge in [0.2, 0.25) is 5.91 Å². The van der Waals surface area contributed by atoms with E-state index in [-0.39, 0.29) is 17.8 Å². The standard InChI is InChI=1S/C19H23FN2O2/c1-13-11-15(12-22-19(23)10-3-14(2)21)4-9-18(13)24-17-7-5-16(20)6-8-17/h4-9,11,14H,3,10,12,21H2,1-2H3,(H,22,23). The van der Waals surface area contributed by atoms with Gasteiger partial charge in [-0.15, -0.1) is 0 Å². The second-order valence-corrected chi connectivity index (χ2v) is 5.95. The molecule has 1 atom stereocenters. The van der Waals surface area contributed by atoms with Crippen molar-refractivity contribution in [3.63, 3.8) is 0 Å². The Labute approximate surface area is 141 Å². The highest BCUT2D eigenvalue weighted by Crippen LogP contribution is 2.25. The Morgan fingerprint density at radius 1 is 1.25 bits per heavy atom. The van der Waals surface area contributed by atoms with Gasteiger partial charge in [-0.25, -0.2) is 4.39 Å². The lowest BCUT2D eigenvalue weighted by atomic mass is 10.1. The van der Waals surface area contributed by atoms with Gasteiger partial charge in [-0.1, -0.05) is 12.1 Å². The molecule has 0 radical (unpaired) electrons. The Morgan fingerprint density at radius 2 is 1.96 bits per heavy atom. The number of nitrogens with two attached hydrogens (primary N) is 1. The van der Waals surface area contributed by atoms with Crippen molar-refractivity contribution in [2.24, 2.45) is 5.73 Å². The molecule has 0 aliphatic heterocycles. The van der Waals surface area contributed by atoms with E-state index >= 15 is 0 Å². The van der Waals surface area contributed by atoms with Gasteiger partial charge in [0.1, 0.15) is 17.3 Å². The number of halogens is 1. The van der Waals surface area contributed by atoms with E-state index in [1.54, 1.807) is 12.1 Å². The first-order chi connectivity index (χ1) is 11.4. The zero-order valence-corrected chi connectivity index (χ0v) is 14.0. The summed E-state index contributed by atoms with van der Waals surface area (Å²) < 4.78 is 18.7. The summed E-state index contributed by atoms with van der Waals surface area (Å²) in [6, 6.07) is 11.6. The molecule has 0 saturated carbocycles. The van der Waals surface area contributed by atoms with E-state index in [1.807, 2.05) is 32.0 Å². The Hall–Kier alpha value is -2.40. The summed E-state index contributed by atoms with van der Waals surface area (Å²) in [7, 11) is 0. The van der Waals surface area contributed by atoms with Crippen LogP contribution in [0.4, 0.5) is 4.39 Å². The fraction of sp³-hybridized carbons (Fsp3) is 0.316. The molecule has 0 fully saturated rings. The molecule has 2 aromatic carbocycles. The van der Waals surface area contributed by atoms with Crippen LogP contribution in [0.3, 0.4) is 0 Å². The SMILES string of the molecule is Cc1cc(CNC(=O)CCC(C)N)ccc1Oc1ccc(F)cc1. The number of aryl methyl sites for hydroxylation is 1. The molecule has 1 unspecified atom stereocenters. The smallest absolute Gasteiger partial charge is 0.220 e. The summed E-state index contributed by atoms with van der Waals surface area (Å²) >= 11 is 0. The number of ether oxygens (including phenoxy) is 1. The number of benzene rings is 2. The number of amides is 1. The number of rotatable bonds is 7. The number of hydrogen-bond acceptors (Lipinski definition) is 3. The molecule has 0 heterocycles. The summed E-state index contributed by atoms with van der Waals surface area (Å²) in [5.74, 6) is 0.982. The monoisotopic (exact) mass is 330 g/mol. The van der Waals surface area contributed by atoms with E-state index in [0.717, 1.165) is 11.1 Å². The molecule has 0 aromatic heterocycles. The maximum absolute atomic E-state index is 12.9. The predicted octanol–water partition coefficient (Wildman–Crippen LogP) is 3.67. The molecular formula is C19H23FN2O2. The van der Waals surface area contributed by atoms with Crippen LogP contribution in [0.15, 0.2) is 42.5 Å².